The summed E-state index contributed by atoms with van der Waals surface area (Å²) in [5.41, 5.74) is 3.27. The first kappa shape index (κ1) is 16.7. The van der Waals surface area contributed by atoms with Crippen LogP contribution < -0.4 is 5.32 Å². The lowest BCUT2D eigenvalue weighted by Gasteiger charge is -2.09. The third kappa shape index (κ3) is 3.83. The SMILES string of the molecule is Cc1cccc(-n2nnc(C(=O)NCCCC3CCCC3)c2C)c1. The highest BCUT2D eigenvalue weighted by Crippen LogP contribution is 2.28. The number of benzene rings is 1. The third-order valence-electron chi connectivity index (χ3n) is 4.91. The van der Waals surface area contributed by atoms with Gasteiger partial charge in [-0.1, -0.05) is 43.0 Å². The van der Waals surface area contributed by atoms with Crippen LogP contribution in [0.3, 0.4) is 0 Å². The summed E-state index contributed by atoms with van der Waals surface area (Å²) >= 11 is 0. The predicted molar refractivity (Wildman–Crippen MR) is 94.4 cm³/mol. The Morgan fingerprint density at radius 2 is 2.08 bits per heavy atom. The molecule has 1 aromatic carbocycles. The lowest BCUT2D eigenvalue weighted by molar-refractivity contribution is 0.0946. The minimum atomic E-state index is -0.127. The van der Waals surface area contributed by atoms with E-state index in [1.165, 1.54) is 32.1 Å². The fourth-order valence-electron chi connectivity index (χ4n) is 3.52. The summed E-state index contributed by atoms with van der Waals surface area (Å²) in [4.78, 5) is 12.3. The van der Waals surface area contributed by atoms with Crippen molar-refractivity contribution in [2.24, 2.45) is 5.92 Å². The molecular formula is C19H26N4O. The van der Waals surface area contributed by atoms with Gasteiger partial charge in [-0.15, -0.1) is 5.10 Å². The number of amides is 1. The highest BCUT2D eigenvalue weighted by Gasteiger charge is 2.18. The zero-order valence-corrected chi connectivity index (χ0v) is 14.6. The number of carbonyl (C=O) groups excluding carboxylic acids is 1. The van der Waals surface area contributed by atoms with E-state index < -0.39 is 0 Å². The first-order valence-electron chi connectivity index (χ1n) is 8.92. The molecule has 0 aliphatic heterocycles. The maximum Gasteiger partial charge on any atom is 0.273 e. The lowest BCUT2D eigenvalue weighted by Crippen LogP contribution is -2.26. The quantitative estimate of drug-likeness (QED) is 0.825. The van der Waals surface area contributed by atoms with Gasteiger partial charge in [-0.3, -0.25) is 4.79 Å². The van der Waals surface area contributed by atoms with Gasteiger partial charge in [-0.05, 0) is 50.3 Å². The van der Waals surface area contributed by atoms with E-state index in [9.17, 15) is 4.79 Å². The third-order valence-corrected chi connectivity index (χ3v) is 4.91. The molecule has 3 rings (SSSR count). The van der Waals surface area contributed by atoms with E-state index in [0.29, 0.717) is 12.2 Å². The van der Waals surface area contributed by atoms with Crippen molar-refractivity contribution in [3.8, 4) is 5.69 Å². The summed E-state index contributed by atoms with van der Waals surface area (Å²) in [6, 6.07) is 8.02. The molecule has 0 saturated heterocycles. The molecule has 5 nitrogen and oxygen atoms in total. The van der Waals surface area contributed by atoms with Crippen molar-refractivity contribution >= 4 is 5.91 Å². The molecule has 5 heteroatoms. The normalized spacial score (nSPS) is 14.9. The first-order chi connectivity index (χ1) is 11.6. The molecule has 0 radical (unpaired) electrons. The Balaban J connectivity index is 1.57. The molecule has 1 aromatic heterocycles. The van der Waals surface area contributed by atoms with Crippen molar-refractivity contribution in [1.29, 1.82) is 0 Å². The smallest absolute Gasteiger partial charge is 0.273 e. The highest BCUT2D eigenvalue weighted by molar-refractivity contribution is 5.93. The molecule has 0 unspecified atom stereocenters. The number of aromatic nitrogens is 3. The fourth-order valence-corrected chi connectivity index (χ4v) is 3.52. The van der Waals surface area contributed by atoms with Crippen LogP contribution in [0.25, 0.3) is 5.69 Å². The van der Waals surface area contributed by atoms with E-state index in [1.54, 1.807) is 4.68 Å². The Hall–Kier alpha value is -2.17. The van der Waals surface area contributed by atoms with E-state index in [1.807, 2.05) is 38.1 Å². The van der Waals surface area contributed by atoms with Gasteiger partial charge in [0, 0.05) is 6.54 Å². The van der Waals surface area contributed by atoms with Crippen LogP contribution in [-0.2, 0) is 0 Å². The van der Waals surface area contributed by atoms with Crippen LogP contribution in [0, 0.1) is 19.8 Å². The van der Waals surface area contributed by atoms with Gasteiger partial charge in [0.05, 0.1) is 11.4 Å². The molecule has 0 spiro atoms. The molecule has 1 fully saturated rings. The largest absolute Gasteiger partial charge is 0.351 e. The fraction of sp³-hybridized carbons (Fsp3) is 0.526. The van der Waals surface area contributed by atoms with Crippen LogP contribution in [0.5, 0.6) is 0 Å². The monoisotopic (exact) mass is 326 g/mol. The van der Waals surface area contributed by atoms with Gasteiger partial charge >= 0.3 is 0 Å². The van der Waals surface area contributed by atoms with Gasteiger partial charge < -0.3 is 5.32 Å². The predicted octanol–water partition coefficient (Wildman–Crippen LogP) is 3.58. The van der Waals surface area contributed by atoms with Crippen molar-refractivity contribution in [3.63, 3.8) is 0 Å². The van der Waals surface area contributed by atoms with Gasteiger partial charge in [0.2, 0.25) is 0 Å². The van der Waals surface area contributed by atoms with E-state index in [2.05, 4.69) is 15.6 Å². The summed E-state index contributed by atoms with van der Waals surface area (Å²) < 4.78 is 1.72. The topological polar surface area (TPSA) is 59.8 Å². The minimum Gasteiger partial charge on any atom is -0.351 e. The van der Waals surface area contributed by atoms with Crippen molar-refractivity contribution in [1.82, 2.24) is 20.3 Å². The Bertz CT molecular complexity index is 701. The van der Waals surface area contributed by atoms with E-state index in [4.69, 9.17) is 0 Å². The highest BCUT2D eigenvalue weighted by atomic mass is 16.2. The van der Waals surface area contributed by atoms with Gasteiger partial charge in [0.25, 0.3) is 5.91 Å². The maximum atomic E-state index is 12.3. The molecule has 1 saturated carbocycles. The summed E-state index contributed by atoms with van der Waals surface area (Å²) in [5, 5.41) is 11.2. The Morgan fingerprint density at radius 3 is 2.83 bits per heavy atom. The van der Waals surface area contributed by atoms with Gasteiger partial charge in [0.15, 0.2) is 5.69 Å². The van der Waals surface area contributed by atoms with E-state index in [-0.39, 0.29) is 5.91 Å². The number of rotatable bonds is 6. The number of aryl methyl sites for hydroxylation is 1. The Labute approximate surface area is 143 Å². The molecular weight excluding hydrogens is 300 g/mol. The maximum absolute atomic E-state index is 12.3. The van der Waals surface area contributed by atoms with Crippen molar-refractivity contribution in [2.45, 2.75) is 52.4 Å². The average molecular weight is 326 g/mol. The standard InChI is InChI=1S/C19H26N4O/c1-14-7-5-11-17(13-14)23-15(2)18(21-22-23)19(24)20-12-6-10-16-8-3-4-9-16/h5,7,11,13,16H,3-4,6,8-10,12H2,1-2H3,(H,20,24). The van der Waals surface area contributed by atoms with Crippen LogP contribution in [0.15, 0.2) is 24.3 Å². The number of nitrogens with zero attached hydrogens (tertiary/aromatic N) is 3. The molecule has 128 valence electrons. The van der Waals surface area contributed by atoms with E-state index >= 15 is 0 Å². The first-order valence-corrected chi connectivity index (χ1v) is 8.92. The molecule has 1 heterocycles. The van der Waals surface area contributed by atoms with Crippen LogP contribution in [-0.4, -0.2) is 27.4 Å². The summed E-state index contributed by atoms with van der Waals surface area (Å²) in [6.07, 6.45) is 7.73. The second kappa shape index (κ2) is 7.60. The molecule has 1 N–H and O–H groups in total. The van der Waals surface area contributed by atoms with Crippen LogP contribution >= 0.6 is 0 Å². The summed E-state index contributed by atoms with van der Waals surface area (Å²) in [5.74, 6) is 0.739. The summed E-state index contributed by atoms with van der Waals surface area (Å²) in [7, 11) is 0. The number of carbonyl (C=O) groups is 1. The number of hydrogen-bond acceptors (Lipinski definition) is 3. The number of hydrogen-bond donors (Lipinski definition) is 1. The molecule has 0 atom stereocenters. The molecule has 1 aliphatic rings. The molecule has 0 bridgehead atoms. The molecule has 24 heavy (non-hydrogen) atoms. The summed E-state index contributed by atoms with van der Waals surface area (Å²) in [6.45, 7) is 4.63. The van der Waals surface area contributed by atoms with Crippen molar-refractivity contribution in [2.75, 3.05) is 6.54 Å². The van der Waals surface area contributed by atoms with Crippen LogP contribution in [0.1, 0.15) is 60.3 Å². The van der Waals surface area contributed by atoms with E-state index in [0.717, 1.165) is 29.3 Å². The van der Waals surface area contributed by atoms with Crippen LogP contribution in [0.4, 0.5) is 0 Å². The molecule has 1 amide bonds. The van der Waals surface area contributed by atoms with Crippen molar-refractivity contribution < 1.29 is 4.79 Å². The number of nitrogens with one attached hydrogen (secondary N) is 1. The minimum absolute atomic E-state index is 0.127. The second-order valence-electron chi connectivity index (χ2n) is 6.82. The van der Waals surface area contributed by atoms with Gasteiger partial charge in [-0.25, -0.2) is 4.68 Å². The molecule has 1 aliphatic carbocycles. The zero-order valence-electron chi connectivity index (χ0n) is 14.6. The molecule has 2 aromatic rings. The Morgan fingerprint density at radius 1 is 1.29 bits per heavy atom. The zero-order chi connectivity index (χ0) is 16.9. The van der Waals surface area contributed by atoms with Crippen molar-refractivity contribution in [3.05, 3.63) is 41.2 Å². The van der Waals surface area contributed by atoms with Gasteiger partial charge in [-0.2, -0.15) is 0 Å². The Kier molecular flexibility index (Phi) is 5.28. The van der Waals surface area contributed by atoms with Crippen LogP contribution in [0.2, 0.25) is 0 Å². The second-order valence-corrected chi connectivity index (χ2v) is 6.82. The van der Waals surface area contributed by atoms with Gasteiger partial charge in [0.1, 0.15) is 0 Å². The average Bonchev–Trinajstić information content (AvgIpc) is 3.21. The lowest BCUT2D eigenvalue weighted by atomic mass is 10.0.